The Balaban J connectivity index is 1.35. The number of aryl methyl sites for hydroxylation is 1. The normalized spacial score (nSPS) is 17.4. The summed E-state index contributed by atoms with van der Waals surface area (Å²) in [5.74, 6) is 1.68. The van der Waals surface area contributed by atoms with Crippen LogP contribution in [0.25, 0.3) is 0 Å². The van der Waals surface area contributed by atoms with Crippen molar-refractivity contribution >= 4 is 27.5 Å². The van der Waals surface area contributed by atoms with Gasteiger partial charge < -0.3 is 19.4 Å². The predicted octanol–water partition coefficient (Wildman–Crippen LogP) is 1.70. The number of morpholine rings is 1. The van der Waals surface area contributed by atoms with Gasteiger partial charge in [0, 0.05) is 51.0 Å². The zero-order chi connectivity index (χ0) is 24.3. The standard InChI is InChI=1S/C24H33N5O4S/c1-18(2)34(31,32)21-6-4-20(5-7-21)17-23(30)28-10-8-27(9-11-28)22-16-19(3)25-24(26-22)29-12-14-33-15-13-29/h4-7,16,18H,8-15,17H2,1-3H3. The minimum absolute atomic E-state index is 0.0481. The van der Waals surface area contributed by atoms with Crippen molar-refractivity contribution in [2.45, 2.75) is 37.3 Å². The van der Waals surface area contributed by atoms with Crippen LogP contribution in [0.4, 0.5) is 11.8 Å². The van der Waals surface area contributed by atoms with Crippen molar-refractivity contribution in [1.29, 1.82) is 0 Å². The number of rotatable bonds is 6. The van der Waals surface area contributed by atoms with Crippen LogP contribution < -0.4 is 9.80 Å². The van der Waals surface area contributed by atoms with Crippen molar-refractivity contribution in [3.63, 3.8) is 0 Å². The molecule has 1 aromatic heterocycles. The maximum Gasteiger partial charge on any atom is 0.227 e. The number of piperazine rings is 1. The summed E-state index contributed by atoms with van der Waals surface area (Å²) in [6.07, 6.45) is 0.260. The third-order valence-corrected chi connectivity index (χ3v) is 8.48. The van der Waals surface area contributed by atoms with Crippen LogP contribution in [0.3, 0.4) is 0 Å². The highest BCUT2D eigenvalue weighted by molar-refractivity contribution is 7.92. The highest BCUT2D eigenvalue weighted by Gasteiger charge is 2.24. The average molecular weight is 488 g/mol. The highest BCUT2D eigenvalue weighted by atomic mass is 32.2. The lowest BCUT2D eigenvalue weighted by atomic mass is 10.1. The number of sulfone groups is 1. The number of benzene rings is 1. The van der Waals surface area contributed by atoms with Crippen molar-refractivity contribution in [2.24, 2.45) is 0 Å². The second kappa shape index (κ2) is 10.3. The summed E-state index contributed by atoms with van der Waals surface area (Å²) in [5.41, 5.74) is 1.74. The lowest BCUT2D eigenvalue weighted by molar-refractivity contribution is -0.130. The van der Waals surface area contributed by atoms with Gasteiger partial charge in [0.15, 0.2) is 9.84 Å². The van der Waals surface area contributed by atoms with Gasteiger partial charge in [0.1, 0.15) is 5.82 Å². The molecule has 1 amide bonds. The van der Waals surface area contributed by atoms with Gasteiger partial charge in [-0.05, 0) is 38.5 Å². The van der Waals surface area contributed by atoms with Crippen LogP contribution in [-0.4, -0.2) is 86.9 Å². The quantitative estimate of drug-likeness (QED) is 0.608. The second-order valence-corrected chi connectivity index (χ2v) is 11.6. The van der Waals surface area contributed by atoms with Gasteiger partial charge >= 0.3 is 0 Å². The molecule has 0 radical (unpaired) electrons. The summed E-state index contributed by atoms with van der Waals surface area (Å²) in [6, 6.07) is 8.66. The highest BCUT2D eigenvalue weighted by Crippen LogP contribution is 2.21. The summed E-state index contributed by atoms with van der Waals surface area (Å²) >= 11 is 0. The van der Waals surface area contributed by atoms with E-state index in [-0.39, 0.29) is 12.3 Å². The molecular formula is C24H33N5O4S. The minimum atomic E-state index is -3.31. The topological polar surface area (TPSA) is 95.9 Å². The van der Waals surface area contributed by atoms with Crippen LogP contribution in [0.1, 0.15) is 25.1 Å². The summed E-state index contributed by atoms with van der Waals surface area (Å²) < 4.78 is 30.0. The Hall–Kier alpha value is -2.72. The molecular weight excluding hydrogens is 454 g/mol. The number of amides is 1. The molecule has 0 atom stereocenters. The number of carbonyl (C=O) groups is 1. The molecule has 9 nitrogen and oxygen atoms in total. The van der Waals surface area contributed by atoms with Crippen molar-refractivity contribution in [3.05, 3.63) is 41.6 Å². The van der Waals surface area contributed by atoms with Crippen molar-refractivity contribution < 1.29 is 17.9 Å². The number of ether oxygens (including phenoxy) is 1. The molecule has 0 aliphatic carbocycles. The molecule has 2 aromatic rings. The molecule has 10 heteroatoms. The van der Waals surface area contributed by atoms with E-state index in [2.05, 4.69) is 14.8 Å². The maximum absolute atomic E-state index is 12.9. The van der Waals surface area contributed by atoms with Gasteiger partial charge in [-0.1, -0.05) is 12.1 Å². The SMILES string of the molecule is Cc1cc(N2CCN(C(=O)Cc3ccc(S(=O)(=O)C(C)C)cc3)CC2)nc(N2CCOCC2)n1. The molecule has 2 saturated heterocycles. The van der Waals surface area contributed by atoms with Crippen molar-refractivity contribution in [3.8, 4) is 0 Å². The first-order valence-corrected chi connectivity index (χ1v) is 13.3. The van der Waals surface area contributed by atoms with Crippen LogP contribution >= 0.6 is 0 Å². The van der Waals surface area contributed by atoms with E-state index < -0.39 is 15.1 Å². The molecule has 0 bridgehead atoms. The second-order valence-electron chi connectivity index (χ2n) is 9.05. The molecule has 0 spiro atoms. The number of hydrogen-bond acceptors (Lipinski definition) is 8. The molecule has 1 aromatic carbocycles. The Morgan fingerprint density at radius 2 is 1.62 bits per heavy atom. The van der Waals surface area contributed by atoms with Crippen LogP contribution in [0.5, 0.6) is 0 Å². The van der Waals surface area contributed by atoms with E-state index in [4.69, 9.17) is 9.72 Å². The third-order valence-electron chi connectivity index (χ3n) is 6.31. The Morgan fingerprint density at radius 1 is 0.971 bits per heavy atom. The van der Waals surface area contributed by atoms with E-state index in [9.17, 15) is 13.2 Å². The van der Waals surface area contributed by atoms with Gasteiger partial charge in [-0.25, -0.2) is 13.4 Å². The summed E-state index contributed by atoms with van der Waals surface area (Å²) in [6.45, 7) is 10.9. The predicted molar refractivity (Wildman–Crippen MR) is 131 cm³/mol. The molecule has 34 heavy (non-hydrogen) atoms. The number of hydrogen-bond donors (Lipinski definition) is 0. The molecule has 2 aliphatic heterocycles. The van der Waals surface area contributed by atoms with E-state index in [0.29, 0.717) is 44.3 Å². The van der Waals surface area contributed by atoms with Crippen LogP contribution in [0, 0.1) is 6.92 Å². The fourth-order valence-electron chi connectivity index (χ4n) is 4.14. The number of anilines is 2. The largest absolute Gasteiger partial charge is 0.378 e. The summed E-state index contributed by atoms with van der Waals surface area (Å²) in [5, 5.41) is -0.472. The zero-order valence-electron chi connectivity index (χ0n) is 20.1. The van der Waals surface area contributed by atoms with Crippen LogP contribution in [0.2, 0.25) is 0 Å². The lowest BCUT2D eigenvalue weighted by Gasteiger charge is -2.36. The van der Waals surface area contributed by atoms with Gasteiger partial charge in [0.2, 0.25) is 11.9 Å². The molecule has 0 N–H and O–H groups in total. The average Bonchev–Trinajstić information content (AvgIpc) is 2.84. The first-order chi connectivity index (χ1) is 16.2. The first kappa shape index (κ1) is 24.4. The number of carbonyl (C=O) groups excluding carboxylic acids is 1. The maximum atomic E-state index is 12.9. The summed E-state index contributed by atoms with van der Waals surface area (Å²) in [7, 11) is -3.31. The van der Waals surface area contributed by atoms with E-state index in [1.807, 2.05) is 17.9 Å². The number of aromatic nitrogens is 2. The monoisotopic (exact) mass is 487 g/mol. The Labute approximate surface area is 201 Å². The van der Waals surface area contributed by atoms with Crippen molar-refractivity contribution in [1.82, 2.24) is 14.9 Å². The minimum Gasteiger partial charge on any atom is -0.378 e. The molecule has 184 valence electrons. The zero-order valence-corrected chi connectivity index (χ0v) is 20.9. The van der Waals surface area contributed by atoms with Gasteiger partial charge in [-0.15, -0.1) is 0 Å². The van der Waals surface area contributed by atoms with Gasteiger partial charge in [0.25, 0.3) is 0 Å². The smallest absolute Gasteiger partial charge is 0.227 e. The lowest BCUT2D eigenvalue weighted by Crippen LogP contribution is -2.49. The summed E-state index contributed by atoms with van der Waals surface area (Å²) in [4.78, 5) is 28.8. The molecule has 2 fully saturated rings. The molecule has 0 unspecified atom stereocenters. The Bertz CT molecular complexity index is 1110. The van der Waals surface area contributed by atoms with Crippen LogP contribution in [-0.2, 0) is 25.8 Å². The van der Waals surface area contributed by atoms with E-state index in [1.165, 1.54) is 0 Å². The molecule has 0 saturated carbocycles. The fourth-order valence-corrected chi connectivity index (χ4v) is 5.20. The molecule has 3 heterocycles. The van der Waals surface area contributed by atoms with E-state index in [1.54, 1.807) is 38.1 Å². The molecule has 2 aliphatic rings. The molecule has 4 rings (SSSR count). The van der Waals surface area contributed by atoms with Crippen LogP contribution in [0.15, 0.2) is 35.2 Å². The van der Waals surface area contributed by atoms with Gasteiger partial charge in [0.05, 0.1) is 29.8 Å². The fraction of sp³-hybridized carbons (Fsp3) is 0.542. The van der Waals surface area contributed by atoms with Gasteiger partial charge in [-0.2, -0.15) is 4.98 Å². The Morgan fingerprint density at radius 3 is 2.24 bits per heavy atom. The third kappa shape index (κ3) is 5.50. The van der Waals surface area contributed by atoms with E-state index in [0.717, 1.165) is 36.1 Å². The van der Waals surface area contributed by atoms with Crippen molar-refractivity contribution in [2.75, 3.05) is 62.3 Å². The van der Waals surface area contributed by atoms with Gasteiger partial charge in [-0.3, -0.25) is 4.79 Å². The number of nitrogens with zero attached hydrogens (tertiary/aromatic N) is 5. The first-order valence-electron chi connectivity index (χ1n) is 11.8. The Kier molecular flexibility index (Phi) is 7.37. The van der Waals surface area contributed by atoms with E-state index >= 15 is 0 Å².